The van der Waals surface area contributed by atoms with Crippen LogP contribution in [0.3, 0.4) is 0 Å². The van der Waals surface area contributed by atoms with Gasteiger partial charge < -0.3 is 4.57 Å². The zero-order valence-electron chi connectivity index (χ0n) is 12.5. The van der Waals surface area contributed by atoms with Gasteiger partial charge in [0.05, 0.1) is 0 Å². The van der Waals surface area contributed by atoms with Crippen LogP contribution < -0.4 is 0 Å². The van der Waals surface area contributed by atoms with Gasteiger partial charge in [0.1, 0.15) is 5.82 Å². The minimum Gasteiger partial charge on any atom is -0.335 e. The Morgan fingerprint density at radius 2 is 2.10 bits per heavy atom. The molecule has 4 heteroatoms. The van der Waals surface area contributed by atoms with Gasteiger partial charge in [-0.25, -0.2) is 4.98 Å². The summed E-state index contributed by atoms with van der Waals surface area (Å²) >= 11 is 6.05. The van der Waals surface area contributed by atoms with Crippen molar-refractivity contribution in [2.24, 2.45) is 5.92 Å². The van der Waals surface area contributed by atoms with Crippen LogP contribution in [-0.4, -0.2) is 27.5 Å². The molecule has 1 aromatic carbocycles. The number of rotatable bonds is 4. The third-order valence-corrected chi connectivity index (χ3v) is 4.62. The van der Waals surface area contributed by atoms with E-state index < -0.39 is 0 Å². The number of hydrogen-bond donors (Lipinski definition) is 0. The molecule has 2 aromatic rings. The van der Waals surface area contributed by atoms with E-state index in [9.17, 15) is 0 Å². The van der Waals surface area contributed by atoms with Crippen molar-refractivity contribution in [1.29, 1.82) is 0 Å². The molecule has 1 saturated heterocycles. The molecule has 0 saturated carbocycles. The van der Waals surface area contributed by atoms with E-state index >= 15 is 0 Å². The molecule has 0 unspecified atom stereocenters. The molecule has 2 heterocycles. The van der Waals surface area contributed by atoms with E-state index in [0.717, 1.165) is 29.9 Å². The number of aromatic nitrogens is 2. The highest BCUT2D eigenvalue weighted by atomic mass is 35.5. The fraction of sp³-hybridized carbons (Fsp3) is 0.471. The predicted octanol–water partition coefficient (Wildman–Crippen LogP) is 3.76. The van der Waals surface area contributed by atoms with Crippen molar-refractivity contribution in [1.82, 2.24) is 14.5 Å². The number of benzene rings is 1. The zero-order valence-corrected chi connectivity index (χ0v) is 13.3. The van der Waals surface area contributed by atoms with Crippen molar-refractivity contribution >= 4 is 11.6 Å². The van der Waals surface area contributed by atoms with Gasteiger partial charge in [-0.15, -0.1) is 0 Å². The van der Waals surface area contributed by atoms with E-state index in [-0.39, 0.29) is 0 Å². The molecule has 0 amide bonds. The van der Waals surface area contributed by atoms with Gasteiger partial charge in [0, 0.05) is 30.5 Å². The SMILES string of the molecule is Cc1nccn1CC1CCN(Cc2cccc(Cl)c2)CC1. The zero-order chi connectivity index (χ0) is 14.7. The topological polar surface area (TPSA) is 21.1 Å². The molecule has 3 rings (SSSR count). The Hall–Kier alpha value is -1.32. The quantitative estimate of drug-likeness (QED) is 0.857. The van der Waals surface area contributed by atoms with Crippen molar-refractivity contribution in [3.05, 3.63) is 53.1 Å². The number of halogens is 1. The van der Waals surface area contributed by atoms with Gasteiger partial charge in [0.25, 0.3) is 0 Å². The van der Waals surface area contributed by atoms with Crippen molar-refractivity contribution < 1.29 is 0 Å². The predicted molar refractivity (Wildman–Crippen MR) is 86.4 cm³/mol. The van der Waals surface area contributed by atoms with Gasteiger partial charge in [-0.05, 0) is 56.5 Å². The number of nitrogens with zero attached hydrogens (tertiary/aromatic N) is 3. The number of hydrogen-bond acceptors (Lipinski definition) is 2. The highest BCUT2D eigenvalue weighted by Crippen LogP contribution is 2.22. The smallest absolute Gasteiger partial charge is 0.105 e. The minimum atomic E-state index is 0.772. The van der Waals surface area contributed by atoms with Gasteiger partial charge in [0.2, 0.25) is 0 Å². The fourth-order valence-corrected chi connectivity index (χ4v) is 3.31. The summed E-state index contributed by atoms with van der Waals surface area (Å²) in [4.78, 5) is 6.83. The van der Waals surface area contributed by atoms with E-state index in [1.165, 1.54) is 31.5 Å². The summed E-state index contributed by atoms with van der Waals surface area (Å²) < 4.78 is 2.28. The molecular formula is C17H22ClN3. The first-order chi connectivity index (χ1) is 10.2. The van der Waals surface area contributed by atoms with E-state index in [0.29, 0.717) is 0 Å². The highest BCUT2D eigenvalue weighted by molar-refractivity contribution is 6.30. The van der Waals surface area contributed by atoms with Crippen LogP contribution in [0.5, 0.6) is 0 Å². The average molecular weight is 304 g/mol. The monoisotopic (exact) mass is 303 g/mol. The van der Waals surface area contributed by atoms with E-state index in [4.69, 9.17) is 11.6 Å². The molecule has 0 N–H and O–H groups in total. The summed E-state index contributed by atoms with van der Waals surface area (Å²) in [6.45, 7) is 6.54. The second-order valence-corrected chi connectivity index (χ2v) is 6.41. The molecule has 1 fully saturated rings. The number of piperidine rings is 1. The maximum absolute atomic E-state index is 6.05. The van der Waals surface area contributed by atoms with Crippen LogP contribution in [0.15, 0.2) is 36.7 Å². The second-order valence-electron chi connectivity index (χ2n) is 5.98. The lowest BCUT2D eigenvalue weighted by atomic mass is 9.96. The van der Waals surface area contributed by atoms with Crippen LogP contribution in [0.2, 0.25) is 5.02 Å². The summed E-state index contributed by atoms with van der Waals surface area (Å²) in [5, 5.41) is 0.831. The Morgan fingerprint density at radius 1 is 1.29 bits per heavy atom. The first-order valence-electron chi connectivity index (χ1n) is 7.65. The highest BCUT2D eigenvalue weighted by Gasteiger charge is 2.20. The molecular weight excluding hydrogens is 282 g/mol. The van der Waals surface area contributed by atoms with Gasteiger partial charge in [-0.1, -0.05) is 23.7 Å². The standard InChI is InChI=1S/C17H22ClN3/c1-14-19-7-10-21(14)13-15-5-8-20(9-6-15)12-16-3-2-4-17(18)11-16/h2-4,7,10-11,15H,5-6,8-9,12-13H2,1H3. The van der Waals surface area contributed by atoms with Crippen molar-refractivity contribution in [3.63, 3.8) is 0 Å². The third kappa shape index (κ3) is 3.86. The van der Waals surface area contributed by atoms with E-state index in [2.05, 4.69) is 39.7 Å². The van der Waals surface area contributed by atoms with Gasteiger partial charge in [-0.2, -0.15) is 0 Å². The summed E-state index contributed by atoms with van der Waals surface area (Å²) in [6.07, 6.45) is 6.51. The lowest BCUT2D eigenvalue weighted by molar-refractivity contribution is 0.166. The molecule has 0 spiro atoms. The summed E-state index contributed by atoms with van der Waals surface area (Å²) in [6, 6.07) is 8.20. The molecule has 21 heavy (non-hydrogen) atoms. The van der Waals surface area contributed by atoms with Gasteiger partial charge >= 0.3 is 0 Å². The molecule has 0 atom stereocenters. The van der Waals surface area contributed by atoms with Crippen LogP contribution in [0.25, 0.3) is 0 Å². The lowest BCUT2D eigenvalue weighted by Crippen LogP contribution is -2.34. The van der Waals surface area contributed by atoms with Gasteiger partial charge in [0.15, 0.2) is 0 Å². The van der Waals surface area contributed by atoms with Crippen molar-refractivity contribution in [2.75, 3.05) is 13.1 Å². The number of likely N-dealkylation sites (tertiary alicyclic amines) is 1. The third-order valence-electron chi connectivity index (χ3n) is 4.38. The Labute approximate surface area is 131 Å². The first kappa shape index (κ1) is 14.6. The fourth-order valence-electron chi connectivity index (χ4n) is 3.10. The first-order valence-corrected chi connectivity index (χ1v) is 8.03. The molecule has 0 bridgehead atoms. The molecule has 1 aromatic heterocycles. The average Bonchev–Trinajstić information content (AvgIpc) is 2.87. The Morgan fingerprint density at radius 3 is 2.76 bits per heavy atom. The number of aryl methyl sites for hydroxylation is 1. The largest absolute Gasteiger partial charge is 0.335 e. The van der Waals surface area contributed by atoms with Gasteiger partial charge in [-0.3, -0.25) is 4.90 Å². The van der Waals surface area contributed by atoms with Crippen molar-refractivity contribution in [3.8, 4) is 0 Å². The normalized spacial score (nSPS) is 17.2. The van der Waals surface area contributed by atoms with Crippen LogP contribution in [0.1, 0.15) is 24.2 Å². The Bertz CT molecular complexity index is 585. The maximum Gasteiger partial charge on any atom is 0.105 e. The van der Waals surface area contributed by atoms with Crippen LogP contribution in [0.4, 0.5) is 0 Å². The lowest BCUT2D eigenvalue weighted by Gasteiger charge is -2.32. The summed E-state index contributed by atoms with van der Waals surface area (Å²) in [5.41, 5.74) is 1.31. The molecule has 1 aliphatic heterocycles. The number of imidazole rings is 1. The molecule has 3 nitrogen and oxygen atoms in total. The van der Waals surface area contributed by atoms with Crippen molar-refractivity contribution in [2.45, 2.75) is 32.9 Å². The van der Waals surface area contributed by atoms with E-state index in [1.807, 2.05) is 18.3 Å². The molecule has 1 aliphatic rings. The van der Waals surface area contributed by atoms with Crippen LogP contribution in [-0.2, 0) is 13.1 Å². The van der Waals surface area contributed by atoms with E-state index in [1.54, 1.807) is 0 Å². The maximum atomic E-state index is 6.05. The molecule has 0 radical (unpaired) electrons. The minimum absolute atomic E-state index is 0.772. The van der Waals surface area contributed by atoms with Crippen LogP contribution in [0, 0.1) is 12.8 Å². The van der Waals surface area contributed by atoms with Crippen LogP contribution >= 0.6 is 11.6 Å². The molecule has 112 valence electrons. The molecule has 0 aliphatic carbocycles. The summed E-state index contributed by atoms with van der Waals surface area (Å²) in [7, 11) is 0. The summed E-state index contributed by atoms with van der Waals surface area (Å²) in [5.74, 6) is 1.89. The second kappa shape index (κ2) is 6.63. The Balaban J connectivity index is 1.50. The Kier molecular flexibility index (Phi) is 4.61.